The summed E-state index contributed by atoms with van der Waals surface area (Å²) in [7, 11) is 0. The average molecular weight is 298 g/mol. The van der Waals surface area contributed by atoms with E-state index in [0.717, 1.165) is 35.2 Å². The molecule has 0 aliphatic carbocycles. The molecule has 0 radical (unpaired) electrons. The van der Waals surface area contributed by atoms with E-state index in [0.29, 0.717) is 0 Å². The molecule has 3 N–H and O–H groups in total. The van der Waals surface area contributed by atoms with Gasteiger partial charge in [-0.05, 0) is 36.1 Å². The van der Waals surface area contributed by atoms with Gasteiger partial charge in [0.1, 0.15) is 12.1 Å². The van der Waals surface area contributed by atoms with Crippen molar-refractivity contribution in [2.24, 2.45) is 0 Å². The Morgan fingerprint density at radius 1 is 1.29 bits per heavy atom. The van der Waals surface area contributed by atoms with E-state index in [2.05, 4.69) is 39.7 Å². The number of nitrogen functional groups attached to an aromatic ring is 1. The van der Waals surface area contributed by atoms with Gasteiger partial charge in [0.2, 0.25) is 0 Å². The highest BCUT2D eigenvalue weighted by Gasteiger charge is 2.14. The SMILES string of the molecule is CCCC(Nc1ncnc2cc(N)ccc12)c1cccs1. The third kappa shape index (κ3) is 2.97. The monoisotopic (exact) mass is 298 g/mol. The first-order valence-corrected chi connectivity index (χ1v) is 7.96. The zero-order valence-corrected chi connectivity index (χ0v) is 12.7. The lowest BCUT2D eigenvalue weighted by Crippen LogP contribution is -2.10. The number of rotatable bonds is 5. The molecular formula is C16H18N4S. The number of aromatic nitrogens is 2. The molecule has 2 aromatic heterocycles. The molecule has 3 rings (SSSR count). The minimum atomic E-state index is 0.283. The van der Waals surface area contributed by atoms with Crippen molar-refractivity contribution in [2.75, 3.05) is 11.1 Å². The van der Waals surface area contributed by atoms with Crippen LogP contribution in [-0.2, 0) is 0 Å². The van der Waals surface area contributed by atoms with Crippen molar-refractivity contribution in [3.05, 3.63) is 46.9 Å². The van der Waals surface area contributed by atoms with Crippen molar-refractivity contribution in [1.82, 2.24) is 9.97 Å². The van der Waals surface area contributed by atoms with Crippen molar-refractivity contribution in [2.45, 2.75) is 25.8 Å². The normalized spacial score (nSPS) is 12.4. The van der Waals surface area contributed by atoms with Crippen LogP contribution in [0.25, 0.3) is 10.9 Å². The van der Waals surface area contributed by atoms with Crippen molar-refractivity contribution in [3.8, 4) is 0 Å². The highest BCUT2D eigenvalue weighted by atomic mass is 32.1. The van der Waals surface area contributed by atoms with Gasteiger partial charge in [0.15, 0.2) is 0 Å². The van der Waals surface area contributed by atoms with Gasteiger partial charge in [0.05, 0.1) is 11.6 Å². The Morgan fingerprint density at radius 3 is 2.95 bits per heavy atom. The van der Waals surface area contributed by atoms with E-state index in [4.69, 9.17) is 5.73 Å². The van der Waals surface area contributed by atoms with Crippen LogP contribution >= 0.6 is 11.3 Å². The Kier molecular flexibility index (Phi) is 4.01. The van der Waals surface area contributed by atoms with Crippen LogP contribution < -0.4 is 11.1 Å². The molecule has 1 aromatic carbocycles. The van der Waals surface area contributed by atoms with Gasteiger partial charge in [-0.2, -0.15) is 0 Å². The standard InChI is InChI=1S/C16H18N4S/c1-2-4-13(15-5-3-8-21-15)20-16-12-7-6-11(17)9-14(12)18-10-19-16/h3,5-10,13H,2,4,17H2,1H3,(H,18,19,20). The van der Waals surface area contributed by atoms with Crippen LogP contribution in [0.15, 0.2) is 42.0 Å². The first-order chi connectivity index (χ1) is 10.3. The third-order valence-corrected chi connectivity index (χ3v) is 4.42. The second kappa shape index (κ2) is 6.10. The van der Waals surface area contributed by atoms with Crippen LogP contribution in [0.3, 0.4) is 0 Å². The summed E-state index contributed by atoms with van der Waals surface area (Å²) in [6.07, 6.45) is 3.77. The van der Waals surface area contributed by atoms with Gasteiger partial charge >= 0.3 is 0 Å². The zero-order valence-electron chi connectivity index (χ0n) is 11.9. The summed E-state index contributed by atoms with van der Waals surface area (Å²) in [5.41, 5.74) is 7.41. The minimum Gasteiger partial charge on any atom is -0.399 e. The third-order valence-electron chi connectivity index (χ3n) is 3.44. The number of hydrogen-bond acceptors (Lipinski definition) is 5. The van der Waals surface area contributed by atoms with Gasteiger partial charge in [-0.15, -0.1) is 11.3 Å². The van der Waals surface area contributed by atoms with E-state index in [9.17, 15) is 0 Å². The zero-order chi connectivity index (χ0) is 14.7. The van der Waals surface area contributed by atoms with Crippen LogP contribution in [-0.4, -0.2) is 9.97 Å². The number of hydrogen-bond donors (Lipinski definition) is 2. The molecule has 0 amide bonds. The lowest BCUT2D eigenvalue weighted by atomic mass is 10.1. The molecule has 108 valence electrons. The van der Waals surface area contributed by atoms with E-state index < -0.39 is 0 Å². The van der Waals surface area contributed by atoms with Crippen LogP contribution in [0, 0.1) is 0 Å². The van der Waals surface area contributed by atoms with Crippen LogP contribution in [0.5, 0.6) is 0 Å². The Balaban J connectivity index is 1.96. The van der Waals surface area contributed by atoms with E-state index >= 15 is 0 Å². The van der Waals surface area contributed by atoms with Crippen molar-refractivity contribution < 1.29 is 0 Å². The molecule has 1 atom stereocenters. The highest BCUT2D eigenvalue weighted by Crippen LogP contribution is 2.29. The maximum Gasteiger partial charge on any atom is 0.137 e. The quantitative estimate of drug-likeness (QED) is 0.692. The summed E-state index contributed by atoms with van der Waals surface area (Å²) in [5.74, 6) is 0.867. The maximum absolute atomic E-state index is 5.82. The molecule has 2 heterocycles. The first-order valence-electron chi connectivity index (χ1n) is 7.08. The van der Waals surface area contributed by atoms with Crippen LogP contribution in [0.1, 0.15) is 30.7 Å². The van der Waals surface area contributed by atoms with Gasteiger partial charge in [0, 0.05) is 16.0 Å². The number of nitrogens with two attached hydrogens (primary N) is 1. The molecular weight excluding hydrogens is 280 g/mol. The second-order valence-corrected chi connectivity index (χ2v) is 5.98. The highest BCUT2D eigenvalue weighted by molar-refractivity contribution is 7.10. The fourth-order valence-electron chi connectivity index (χ4n) is 2.42. The summed E-state index contributed by atoms with van der Waals surface area (Å²) in [4.78, 5) is 10.0. The smallest absolute Gasteiger partial charge is 0.137 e. The number of thiophene rings is 1. The average Bonchev–Trinajstić information content (AvgIpc) is 3.01. The lowest BCUT2D eigenvalue weighted by Gasteiger charge is -2.18. The number of fused-ring (bicyclic) bond motifs is 1. The number of nitrogens with one attached hydrogen (secondary N) is 1. The molecule has 21 heavy (non-hydrogen) atoms. The molecule has 0 fully saturated rings. The molecule has 0 saturated heterocycles. The van der Waals surface area contributed by atoms with E-state index in [1.54, 1.807) is 17.7 Å². The van der Waals surface area contributed by atoms with Gasteiger partial charge < -0.3 is 11.1 Å². The molecule has 0 bridgehead atoms. The maximum atomic E-state index is 5.82. The molecule has 3 aromatic rings. The lowest BCUT2D eigenvalue weighted by molar-refractivity contribution is 0.685. The molecule has 0 saturated carbocycles. The van der Waals surface area contributed by atoms with E-state index in [1.807, 2.05) is 18.2 Å². The van der Waals surface area contributed by atoms with Crippen molar-refractivity contribution >= 4 is 33.7 Å². The molecule has 0 aliphatic rings. The summed E-state index contributed by atoms with van der Waals surface area (Å²) in [6.45, 7) is 2.20. The Morgan fingerprint density at radius 2 is 2.19 bits per heavy atom. The topological polar surface area (TPSA) is 63.8 Å². The van der Waals surface area contributed by atoms with Crippen molar-refractivity contribution in [3.63, 3.8) is 0 Å². The molecule has 0 spiro atoms. The predicted octanol–water partition coefficient (Wildman–Crippen LogP) is 4.23. The number of benzene rings is 1. The molecule has 1 unspecified atom stereocenters. The van der Waals surface area contributed by atoms with Gasteiger partial charge in [0.25, 0.3) is 0 Å². The minimum absolute atomic E-state index is 0.283. The molecule has 5 heteroatoms. The molecule has 0 aliphatic heterocycles. The van der Waals surface area contributed by atoms with E-state index in [1.165, 1.54) is 4.88 Å². The first kappa shape index (κ1) is 13.8. The summed E-state index contributed by atoms with van der Waals surface area (Å²) < 4.78 is 0. The summed E-state index contributed by atoms with van der Waals surface area (Å²) in [6, 6.07) is 10.3. The largest absolute Gasteiger partial charge is 0.399 e. The summed E-state index contributed by atoms with van der Waals surface area (Å²) in [5, 5.41) is 6.68. The van der Waals surface area contributed by atoms with Gasteiger partial charge in [-0.3, -0.25) is 0 Å². The number of nitrogens with zero attached hydrogens (tertiary/aromatic N) is 2. The van der Waals surface area contributed by atoms with Gasteiger partial charge in [-0.25, -0.2) is 9.97 Å². The van der Waals surface area contributed by atoms with Gasteiger partial charge in [-0.1, -0.05) is 19.4 Å². The fourth-order valence-corrected chi connectivity index (χ4v) is 3.23. The Hall–Kier alpha value is -2.14. The van der Waals surface area contributed by atoms with Crippen LogP contribution in [0.2, 0.25) is 0 Å². The van der Waals surface area contributed by atoms with E-state index in [-0.39, 0.29) is 6.04 Å². The fraction of sp³-hybridized carbons (Fsp3) is 0.250. The Bertz CT molecular complexity index is 724. The second-order valence-electron chi connectivity index (χ2n) is 5.00. The summed E-state index contributed by atoms with van der Waals surface area (Å²) >= 11 is 1.77. The van der Waals surface area contributed by atoms with Crippen LogP contribution in [0.4, 0.5) is 11.5 Å². The molecule has 4 nitrogen and oxygen atoms in total. The predicted molar refractivity (Wildman–Crippen MR) is 89.5 cm³/mol. The number of anilines is 2. The van der Waals surface area contributed by atoms with Crippen molar-refractivity contribution in [1.29, 1.82) is 0 Å². The Labute approximate surface area is 128 Å².